The van der Waals surface area contributed by atoms with Crippen LogP contribution in [0.2, 0.25) is 0 Å². The monoisotopic (exact) mass is 245 g/mol. The van der Waals surface area contributed by atoms with Crippen molar-refractivity contribution in [2.45, 2.75) is 12.8 Å². The molecular formula is C13H15N3O2. The minimum Gasteiger partial charge on any atom is -0.355 e. The molecule has 5 heteroatoms. The molecular weight excluding hydrogens is 230 g/mol. The van der Waals surface area contributed by atoms with Gasteiger partial charge in [-0.3, -0.25) is 9.59 Å². The summed E-state index contributed by atoms with van der Waals surface area (Å²) in [5.41, 5.74) is 3.30. The zero-order valence-electron chi connectivity index (χ0n) is 9.93. The van der Waals surface area contributed by atoms with Crippen LogP contribution in [-0.4, -0.2) is 24.6 Å². The van der Waals surface area contributed by atoms with Crippen LogP contribution in [0, 0.1) is 5.92 Å². The van der Waals surface area contributed by atoms with E-state index in [1.807, 2.05) is 30.3 Å². The lowest BCUT2D eigenvalue weighted by Crippen LogP contribution is -2.43. The summed E-state index contributed by atoms with van der Waals surface area (Å²) in [6.07, 6.45) is 2.96. The van der Waals surface area contributed by atoms with Crippen molar-refractivity contribution in [2.75, 3.05) is 6.54 Å². The molecule has 0 aromatic heterocycles. The fourth-order valence-electron chi connectivity index (χ4n) is 1.81. The van der Waals surface area contributed by atoms with Gasteiger partial charge in [-0.15, -0.1) is 0 Å². The van der Waals surface area contributed by atoms with E-state index in [4.69, 9.17) is 0 Å². The Bertz CT molecular complexity index is 457. The van der Waals surface area contributed by atoms with Crippen molar-refractivity contribution < 1.29 is 9.59 Å². The molecule has 0 bridgehead atoms. The van der Waals surface area contributed by atoms with E-state index in [0.717, 1.165) is 12.0 Å². The van der Waals surface area contributed by atoms with Crippen molar-refractivity contribution in [2.24, 2.45) is 11.0 Å². The number of hydrogen-bond acceptors (Lipinski definition) is 3. The minimum absolute atomic E-state index is 0.214. The van der Waals surface area contributed by atoms with Gasteiger partial charge in [-0.05, 0) is 18.4 Å². The number of benzene rings is 1. The van der Waals surface area contributed by atoms with Gasteiger partial charge in [0.15, 0.2) is 0 Å². The van der Waals surface area contributed by atoms with E-state index in [1.54, 1.807) is 6.21 Å². The summed E-state index contributed by atoms with van der Waals surface area (Å²) >= 11 is 0. The molecule has 0 unspecified atom stereocenters. The van der Waals surface area contributed by atoms with Gasteiger partial charge in [0.1, 0.15) is 5.92 Å². The molecule has 2 rings (SSSR count). The number of rotatable bonds is 3. The van der Waals surface area contributed by atoms with Gasteiger partial charge in [0, 0.05) is 6.54 Å². The second-order valence-electron chi connectivity index (χ2n) is 4.13. The number of amides is 2. The van der Waals surface area contributed by atoms with Crippen molar-refractivity contribution in [3.63, 3.8) is 0 Å². The number of piperidine rings is 1. The maximum atomic E-state index is 11.7. The largest absolute Gasteiger partial charge is 0.355 e. The lowest BCUT2D eigenvalue weighted by molar-refractivity contribution is -0.136. The van der Waals surface area contributed by atoms with Gasteiger partial charge in [-0.25, -0.2) is 5.43 Å². The molecule has 0 radical (unpaired) electrons. The highest BCUT2D eigenvalue weighted by molar-refractivity contribution is 6.00. The first-order valence-corrected chi connectivity index (χ1v) is 5.93. The number of nitrogens with zero attached hydrogens (tertiary/aromatic N) is 1. The fraction of sp³-hybridized carbons (Fsp3) is 0.308. The highest BCUT2D eigenvalue weighted by Crippen LogP contribution is 2.11. The Hall–Kier alpha value is -2.17. The molecule has 94 valence electrons. The van der Waals surface area contributed by atoms with Gasteiger partial charge in [0.2, 0.25) is 5.91 Å². The van der Waals surface area contributed by atoms with Crippen molar-refractivity contribution in [3.05, 3.63) is 35.9 Å². The maximum Gasteiger partial charge on any atom is 0.252 e. The van der Waals surface area contributed by atoms with Gasteiger partial charge in [0.25, 0.3) is 5.91 Å². The number of hydrazone groups is 1. The van der Waals surface area contributed by atoms with Gasteiger partial charge in [-0.1, -0.05) is 30.3 Å². The molecule has 2 amide bonds. The summed E-state index contributed by atoms with van der Waals surface area (Å²) in [7, 11) is 0. The Morgan fingerprint density at radius 2 is 2.17 bits per heavy atom. The molecule has 1 saturated heterocycles. The first kappa shape index (κ1) is 12.3. The van der Waals surface area contributed by atoms with E-state index in [0.29, 0.717) is 13.0 Å². The van der Waals surface area contributed by atoms with E-state index in [2.05, 4.69) is 15.8 Å². The van der Waals surface area contributed by atoms with E-state index in [1.165, 1.54) is 0 Å². The van der Waals surface area contributed by atoms with Crippen LogP contribution in [0.3, 0.4) is 0 Å². The molecule has 0 aliphatic carbocycles. The Kier molecular flexibility index (Phi) is 4.06. The molecule has 1 heterocycles. The molecule has 1 aliphatic rings. The SMILES string of the molecule is O=C1NCCC[C@@H]1C(=O)N/N=C\c1ccccc1. The van der Waals surface area contributed by atoms with E-state index < -0.39 is 5.92 Å². The molecule has 1 fully saturated rings. The third-order valence-corrected chi connectivity index (χ3v) is 2.79. The second-order valence-corrected chi connectivity index (χ2v) is 4.13. The van der Waals surface area contributed by atoms with E-state index in [-0.39, 0.29) is 11.8 Å². The van der Waals surface area contributed by atoms with Gasteiger partial charge < -0.3 is 5.32 Å². The third-order valence-electron chi connectivity index (χ3n) is 2.79. The molecule has 1 aliphatic heterocycles. The summed E-state index contributed by atoms with van der Waals surface area (Å²) in [6, 6.07) is 9.43. The minimum atomic E-state index is -0.619. The number of nitrogens with one attached hydrogen (secondary N) is 2. The van der Waals surface area contributed by atoms with Crippen molar-refractivity contribution in [1.82, 2.24) is 10.7 Å². The Morgan fingerprint density at radius 1 is 1.39 bits per heavy atom. The van der Waals surface area contributed by atoms with Crippen LogP contribution in [0.5, 0.6) is 0 Å². The summed E-state index contributed by atoms with van der Waals surface area (Å²) in [5.74, 6) is -1.18. The molecule has 2 N–H and O–H groups in total. The second kappa shape index (κ2) is 5.95. The molecule has 0 spiro atoms. The molecule has 1 aromatic carbocycles. The number of carbonyl (C=O) groups excluding carboxylic acids is 2. The summed E-state index contributed by atoms with van der Waals surface area (Å²) < 4.78 is 0. The third kappa shape index (κ3) is 3.16. The first-order chi connectivity index (χ1) is 8.77. The molecule has 0 saturated carbocycles. The lowest BCUT2D eigenvalue weighted by Gasteiger charge is -2.19. The van der Waals surface area contributed by atoms with Crippen LogP contribution >= 0.6 is 0 Å². The highest BCUT2D eigenvalue weighted by atomic mass is 16.2. The standard InChI is InChI=1S/C13H15N3O2/c17-12-11(7-4-8-14-12)13(18)16-15-9-10-5-2-1-3-6-10/h1-3,5-6,9,11H,4,7-8H2,(H,14,17)(H,16,18)/b15-9-/t11-/m0/s1. The van der Waals surface area contributed by atoms with Crippen LogP contribution in [0.4, 0.5) is 0 Å². The van der Waals surface area contributed by atoms with Crippen LogP contribution in [-0.2, 0) is 9.59 Å². The van der Waals surface area contributed by atoms with Gasteiger partial charge in [-0.2, -0.15) is 5.10 Å². The Morgan fingerprint density at radius 3 is 2.89 bits per heavy atom. The van der Waals surface area contributed by atoms with Crippen LogP contribution in [0.1, 0.15) is 18.4 Å². The van der Waals surface area contributed by atoms with Crippen molar-refractivity contribution >= 4 is 18.0 Å². The van der Waals surface area contributed by atoms with Crippen molar-refractivity contribution in [3.8, 4) is 0 Å². The Labute approximate surface area is 105 Å². The fourth-order valence-corrected chi connectivity index (χ4v) is 1.81. The smallest absolute Gasteiger partial charge is 0.252 e. The summed E-state index contributed by atoms with van der Waals surface area (Å²) in [5, 5.41) is 6.52. The highest BCUT2D eigenvalue weighted by Gasteiger charge is 2.28. The number of hydrogen-bond donors (Lipinski definition) is 2. The maximum absolute atomic E-state index is 11.7. The van der Waals surface area contributed by atoms with Gasteiger partial charge >= 0.3 is 0 Å². The van der Waals surface area contributed by atoms with E-state index >= 15 is 0 Å². The number of carbonyl (C=O) groups is 2. The van der Waals surface area contributed by atoms with Crippen molar-refractivity contribution in [1.29, 1.82) is 0 Å². The molecule has 18 heavy (non-hydrogen) atoms. The van der Waals surface area contributed by atoms with Gasteiger partial charge in [0.05, 0.1) is 6.21 Å². The average Bonchev–Trinajstić information content (AvgIpc) is 2.40. The zero-order valence-corrected chi connectivity index (χ0v) is 9.93. The van der Waals surface area contributed by atoms with E-state index in [9.17, 15) is 9.59 Å². The molecule has 1 aromatic rings. The predicted octanol–water partition coefficient (Wildman–Crippen LogP) is 0.663. The topological polar surface area (TPSA) is 70.6 Å². The first-order valence-electron chi connectivity index (χ1n) is 5.93. The Balaban J connectivity index is 1.88. The quantitative estimate of drug-likeness (QED) is 0.466. The summed E-state index contributed by atoms with van der Waals surface area (Å²) in [6.45, 7) is 0.649. The van der Waals surface area contributed by atoms with Crippen LogP contribution in [0.25, 0.3) is 0 Å². The predicted molar refractivity (Wildman–Crippen MR) is 67.9 cm³/mol. The molecule has 1 atom stereocenters. The normalized spacial score (nSPS) is 19.6. The molecule has 5 nitrogen and oxygen atoms in total. The zero-order chi connectivity index (χ0) is 12.8. The average molecular weight is 245 g/mol. The summed E-state index contributed by atoms with van der Waals surface area (Å²) in [4.78, 5) is 23.2. The van der Waals surface area contributed by atoms with Crippen LogP contribution < -0.4 is 10.7 Å². The van der Waals surface area contributed by atoms with Crippen LogP contribution in [0.15, 0.2) is 35.4 Å². The lowest BCUT2D eigenvalue weighted by atomic mass is 9.98.